The second kappa shape index (κ2) is 5.10. The summed E-state index contributed by atoms with van der Waals surface area (Å²) in [4.78, 5) is 10.6. The first-order valence-corrected chi connectivity index (χ1v) is 6.18. The molecule has 0 radical (unpaired) electrons. The summed E-state index contributed by atoms with van der Waals surface area (Å²) in [5.74, 6) is -0.00195. The average molecular weight is 353 g/mol. The van der Waals surface area contributed by atoms with Gasteiger partial charge in [0.15, 0.2) is 0 Å². The van der Waals surface area contributed by atoms with Crippen LogP contribution in [0.5, 0.6) is 0 Å². The van der Waals surface area contributed by atoms with Crippen molar-refractivity contribution >= 4 is 44.8 Å². The summed E-state index contributed by atoms with van der Waals surface area (Å²) < 4.78 is 1.21. The molecule has 0 heterocycles. The van der Waals surface area contributed by atoms with Gasteiger partial charge < -0.3 is 4.79 Å². The van der Waals surface area contributed by atoms with Gasteiger partial charge in [-0.15, -0.1) is 0 Å². The first-order chi connectivity index (χ1) is 6.19. The average Bonchev–Trinajstić information content (AvgIpc) is 2.16. The van der Waals surface area contributed by atoms with Gasteiger partial charge in [-0.1, -0.05) is 35.0 Å². The number of carbonyl (C=O) groups is 1. The Balaban J connectivity index is 3.02. The molecule has 1 nitrogen and oxygen atoms in total. The van der Waals surface area contributed by atoms with E-state index in [2.05, 4.69) is 50.7 Å². The van der Waals surface area contributed by atoms with E-state index in [-0.39, 0.29) is 5.92 Å². The molecule has 0 spiro atoms. The smallest absolute Gasteiger partial charge is 0.127 e. The van der Waals surface area contributed by atoms with Crippen molar-refractivity contribution in [3.8, 4) is 0 Å². The van der Waals surface area contributed by atoms with Crippen molar-refractivity contribution in [1.29, 1.82) is 0 Å². The van der Waals surface area contributed by atoms with Crippen LogP contribution >= 0.6 is 38.5 Å². The number of aldehydes is 1. The molecule has 0 N–H and O–H groups in total. The monoisotopic (exact) mass is 352 g/mol. The molecular formula is C10H10BrIO. The Bertz CT molecular complexity index is 312. The Hall–Kier alpha value is 0.1000. The van der Waals surface area contributed by atoms with Gasteiger partial charge in [0.25, 0.3) is 0 Å². The first kappa shape index (κ1) is 11.2. The molecule has 3 heteroatoms. The van der Waals surface area contributed by atoms with E-state index in [9.17, 15) is 4.79 Å². The lowest BCUT2D eigenvalue weighted by Crippen LogP contribution is -1.96. The van der Waals surface area contributed by atoms with Crippen LogP contribution in [0.15, 0.2) is 18.2 Å². The molecular weight excluding hydrogens is 343 g/mol. The quantitative estimate of drug-likeness (QED) is 0.462. The van der Waals surface area contributed by atoms with Crippen LogP contribution in [0.4, 0.5) is 0 Å². The Kier molecular flexibility index (Phi) is 4.38. The van der Waals surface area contributed by atoms with Crippen LogP contribution < -0.4 is 0 Å². The standard InChI is InChI=1S/C10H10BrIO/c1-7(6-13)8-2-3-9(5-11)10(12)4-8/h2-4,6-7H,5H2,1H3. The highest BCUT2D eigenvalue weighted by Gasteiger charge is 2.05. The molecule has 0 aliphatic rings. The Morgan fingerprint density at radius 1 is 1.62 bits per heavy atom. The van der Waals surface area contributed by atoms with Gasteiger partial charge in [-0.25, -0.2) is 0 Å². The third-order valence-electron chi connectivity index (χ3n) is 1.95. The lowest BCUT2D eigenvalue weighted by molar-refractivity contribution is -0.108. The van der Waals surface area contributed by atoms with E-state index in [1.807, 2.05) is 13.0 Å². The summed E-state index contributed by atoms with van der Waals surface area (Å²) in [7, 11) is 0. The molecule has 1 unspecified atom stereocenters. The fourth-order valence-corrected chi connectivity index (χ4v) is 2.78. The largest absolute Gasteiger partial charge is 0.303 e. The summed E-state index contributed by atoms with van der Waals surface area (Å²) in [6.45, 7) is 1.91. The van der Waals surface area contributed by atoms with Crippen molar-refractivity contribution in [2.75, 3.05) is 0 Å². The molecule has 0 aromatic heterocycles. The first-order valence-electron chi connectivity index (χ1n) is 3.98. The number of halogens is 2. The fraction of sp³-hybridized carbons (Fsp3) is 0.300. The SMILES string of the molecule is CC(C=O)c1ccc(CBr)c(I)c1. The number of hydrogen-bond donors (Lipinski definition) is 0. The third-order valence-corrected chi connectivity index (χ3v) is 3.56. The highest BCUT2D eigenvalue weighted by molar-refractivity contribution is 14.1. The predicted molar refractivity (Wildman–Crippen MR) is 66.3 cm³/mol. The minimum atomic E-state index is -0.00195. The molecule has 0 amide bonds. The molecule has 0 aliphatic heterocycles. The van der Waals surface area contributed by atoms with Gasteiger partial charge >= 0.3 is 0 Å². The maximum atomic E-state index is 10.6. The summed E-state index contributed by atoms with van der Waals surface area (Å²) in [6.07, 6.45) is 0.971. The second-order valence-electron chi connectivity index (χ2n) is 2.91. The van der Waals surface area contributed by atoms with E-state index in [4.69, 9.17) is 0 Å². The van der Waals surface area contributed by atoms with Gasteiger partial charge in [-0.3, -0.25) is 0 Å². The molecule has 0 bridgehead atoms. The lowest BCUT2D eigenvalue weighted by atomic mass is 10.0. The van der Waals surface area contributed by atoms with Crippen LogP contribution in [0, 0.1) is 3.57 Å². The Morgan fingerprint density at radius 2 is 2.31 bits per heavy atom. The van der Waals surface area contributed by atoms with Gasteiger partial charge in [-0.2, -0.15) is 0 Å². The molecule has 0 aliphatic carbocycles. The summed E-state index contributed by atoms with van der Waals surface area (Å²) >= 11 is 5.70. The van der Waals surface area contributed by atoms with Gasteiger partial charge in [0.2, 0.25) is 0 Å². The van der Waals surface area contributed by atoms with Crippen molar-refractivity contribution in [2.24, 2.45) is 0 Å². The minimum absolute atomic E-state index is 0.00195. The number of rotatable bonds is 3. The highest BCUT2D eigenvalue weighted by atomic mass is 127. The maximum Gasteiger partial charge on any atom is 0.127 e. The Labute approximate surface area is 100 Å². The fourth-order valence-electron chi connectivity index (χ4n) is 1.03. The van der Waals surface area contributed by atoms with E-state index in [0.29, 0.717) is 0 Å². The number of benzene rings is 1. The summed E-state index contributed by atoms with van der Waals surface area (Å²) in [6, 6.07) is 6.14. The summed E-state index contributed by atoms with van der Waals surface area (Å²) in [5, 5.41) is 0.862. The molecule has 1 atom stereocenters. The van der Waals surface area contributed by atoms with Gasteiger partial charge in [-0.05, 0) is 39.8 Å². The van der Waals surface area contributed by atoms with Crippen LogP contribution in [0.2, 0.25) is 0 Å². The van der Waals surface area contributed by atoms with Crippen LogP contribution in [0.25, 0.3) is 0 Å². The number of carbonyl (C=O) groups excluding carboxylic acids is 1. The topological polar surface area (TPSA) is 17.1 Å². The van der Waals surface area contributed by atoms with Crippen molar-refractivity contribution in [1.82, 2.24) is 0 Å². The van der Waals surface area contributed by atoms with Crippen molar-refractivity contribution in [3.05, 3.63) is 32.9 Å². The van der Waals surface area contributed by atoms with Crippen LogP contribution in [-0.2, 0) is 10.1 Å². The molecule has 70 valence electrons. The molecule has 0 fully saturated rings. The molecule has 0 saturated heterocycles. The van der Waals surface area contributed by atoms with Gasteiger partial charge in [0.05, 0.1) is 0 Å². The molecule has 13 heavy (non-hydrogen) atoms. The minimum Gasteiger partial charge on any atom is -0.303 e. The number of hydrogen-bond acceptors (Lipinski definition) is 1. The zero-order valence-electron chi connectivity index (χ0n) is 7.26. The van der Waals surface area contributed by atoms with E-state index >= 15 is 0 Å². The predicted octanol–water partition coefficient (Wildman–Crippen LogP) is 3.49. The molecule has 1 rings (SSSR count). The maximum absolute atomic E-state index is 10.6. The summed E-state index contributed by atoms with van der Waals surface area (Å²) in [5.41, 5.74) is 2.35. The van der Waals surface area contributed by atoms with E-state index in [1.54, 1.807) is 0 Å². The van der Waals surface area contributed by atoms with Crippen LogP contribution in [-0.4, -0.2) is 6.29 Å². The lowest BCUT2D eigenvalue weighted by Gasteiger charge is -2.06. The van der Waals surface area contributed by atoms with Gasteiger partial charge in [0.1, 0.15) is 6.29 Å². The van der Waals surface area contributed by atoms with Crippen molar-refractivity contribution < 1.29 is 4.79 Å². The molecule has 1 aromatic carbocycles. The van der Waals surface area contributed by atoms with Gasteiger partial charge in [0, 0.05) is 14.8 Å². The molecule has 0 saturated carbocycles. The Morgan fingerprint density at radius 3 is 2.77 bits per heavy atom. The van der Waals surface area contributed by atoms with Crippen molar-refractivity contribution in [2.45, 2.75) is 18.2 Å². The third kappa shape index (κ3) is 2.77. The van der Waals surface area contributed by atoms with E-state index < -0.39 is 0 Å². The molecule has 1 aromatic rings. The van der Waals surface area contributed by atoms with Crippen molar-refractivity contribution in [3.63, 3.8) is 0 Å². The zero-order valence-corrected chi connectivity index (χ0v) is 11.0. The normalized spacial score (nSPS) is 12.5. The van der Waals surface area contributed by atoms with Crippen LogP contribution in [0.3, 0.4) is 0 Å². The highest BCUT2D eigenvalue weighted by Crippen LogP contribution is 2.21. The zero-order chi connectivity index (χ0) is 9.84. The van der Waals surface area contributed by atoms with Crippen LogP contribution in [0.1, 0.15) is 24.0 Å². The van der Waals surface area contributed by atoms with E-state index in [0.717, 1.165) is 17.2 Å². The van der Waals surface area contributed by atoms with E-state index in [1.165, 1.54) is 9.13 Å². The second-order valence-corrected chi connectivity index (χ2v) is 4.63. The number of alkyl halides is 1.